The summed E-state index contributed by atoms with van der Waals surface area (Å²) in [5, 5.41) is 13.4. The fraction of sp³-hybridized carbons (Fsp3) is 0.304. The lowest BCUT2D eigenvalue weighted by Crippen LogP contribution is -2.29. The van der Waals surface area contributed by atoms with Crippen LogP contribution in [-0.4, -0.2) is 58.0 Å². The molecule has 4 aromatic rings. The van der Waals surface area contributed by atoms with Crippen LogP contribution in [0.25, 0.3) is 11.0 Å². The number of aromatic nitrogens is 4. The largest absolute Gasteiger partial charge is 0.364 e. The van der Waals surface area contributed by atoms with E-state index in [9.17, 15) is 13.2 Å². The summed E-state index contributed by atoms with van der Waals surface area (Å²) in [6.07, 6.45) is 4.97. The van der Waals surface area contributed by atoms with E-state index in [1.807, 2.05) is 11.4 Å². The summed E-state index contributed by atoms with van der Waals surface area (Å²) in [5.41, 5.74) is 1.08. The third-order valence-corrected chi connectivity index (χ3v) is 8.66. The third kappa shape index (κ3) is 5.04. The lowest BCUT2D eigenvalue weighted by Gasteiger charge is -2.15. The van der Waals surface area contributed by atoms with Gasteiger partial charge in [-0.25, -0.2) is 23.1 Å². The maximum Gasteiger partial charge on any atom is 0.251 e. The highest BCUT2D eigenvalue weighted by Crippen LogP contribution is 2.22. The van der Waals surface area contributed by atoms with Gasteiger partial charge in [0.2, 0.25) is 10.0 Å². The van der Waals surface area contributed by atoms with Crippen molar-refractivity contribution < 1.29 is 13.2 Å². The number of hydrogen-bond acceptors (Lipinski definition) is 8. The van der Waals surface area contributed by atoms with E-state index in [1.165, 1.54) is 27.6 Å². The van der Waals surface area contributed by atoms with Gasteiger partial charge in [0.05, 0.1) is 29.6 Å². The number of benzene rings is 1. The molecule has 10 nitrogen and oxygen atoms in total. The van der Waals surface area contributed by atoms with E-state index in [0.29, 0.717) is 49.8 Å². The van der Waals surface area contributed by atoms with Gasteiger partial charge in [0.25, 0.3) is 5.91 Å². The molecule has 0 atom stereocenters. The molecule has 0 radical (unpaired) electrons. The average Bonchev–Trinajstić information content (AvgIpc) is 3.65. The Morgan fingerprint density at radius 2 is 1.89 bits per heavy atom. The smallest absolute Gasteiger partial charge is 0.251 e. The molecule has 3 aromatic heterocycles. The number of sulfonamides is 1. The van der Waals surface area contributed by atoms with Crippen molar-refractivity contribution in [3.05, 3.63) is 64.7 Å². The predicted octanol–water partition coefficient (Wildman–Crippen LogP) is 2.71. The Morgan fingerprint density at radius 1 is 1.09 bits per heavy atom. The minimum atomic E-state index is -3.50. The number of carbonyl (C=O) groups excluding carboxylic acids is 1. The number of anilines is 1. The number of hydrogen-bond donors (Lipinski definition) is 2. The van der Waals surface area contributed by atoms with Crippen LogP contribution >= 0.6 is 11.3 Å². The molecule has 0 bridgehead atoms. The number of rotatable bonds is 9. The monoisotopic (exact) mass is 511 g/mol. The first-order valence-electron chi connectivity index (χ1n) is 11.3. The normalized spacial score (nSPS) is 14.4. The molecule has 35 heavy (non-hydrogen) atoms. The SMILES string of the molecule is O=C(NCCn1ncc2c(NCc3cccs3)ncnc21)c1ccc(S(=O)(=O)N2CCCC2)cc1. The van der Waals surface area contributed by atoms with Gasteiger partial charge >= 0.3 is 0 Å². The van der Waals surface area contributed by atoms with Crippen LogP contribution in [0.3, 0.4) is 0 Å². The van der Waals surface area contributed by atoms with Crippen molar-refractivity contribution in [2.45, 2.75) is 30.8 Å². The molecule has 12 heteroatoms. The summed E-state index contributed by atoms with van der Waals surface area (Å²) < 4.78 is 28.5. The van der Waals surface area contributed by atoms with Crippen molar-refractivity contribution in [1.82, 2.24) is 29.4 Å². The van der Waals surface area contributed by atoms with E-state index in [-0.39, 0.29) is 10.8 Å². The van der Waals surface area contributed by atoms with Crippen LogP contribution in [0.1, 0.15) is 28.1 Å². The highest BCUT2D eigenvalue weighted by molar-refractivity contribution is 7.89. The van der Waals surface area contributed by atoms with Crippen molar-refractivity contribution in [3.8, 4) is 0 Å². The standard InChI is InChI=1S/C23H25N7O3S2/c31-23(17-5-7-19(8-6-17)35(32,33)29-10-1-2-11-29)24-9-12-30-22-20(15-28-30)21(26-16-27-22)25-14-18-4-3-13-34-18/h3-8,13,15-16H,1-2,9-12,14H2,(H,24,31)(H,25,26,27). The van der Waals surface area contributed by atoms with E-state index in [0.717, 1.165) is 18.2 Å². The van der Waals surface area contributed by atoms with Crippen LogP contribution < -0.4 is 10.6 Å². The van der Waals surface area contributed by atoms with Crippen LogP contribution in [0.4, 0.5) is 5.82 Å². The molecule has 0 unspecified atom stereocenters. The minimum absolute atomic E-state index is 0.210. The van der Waals surface area contributed by atoms with Gasteiger partial charge in [0.15, 0.2) is 5.65 Å². The molecule has 1 fully saturated rings. The number of fused-ring (bicyclic) bond motifs is 1. The van der Waals surface area contributed by atoms with Crippen molar-refractivity contribution in [2.24, 2.45) is 0 Å². The molecular formula is C23H25N7O3S2. The van der Waals surface area contributed by atoms with E-state index in [2.05, 4.69) is 31.8 Å². The third-order valence-electron chi connectivity index (χ3n) is 5.87. The molecule has 1 aliphatic rings. The van der Waals surface area contributed by atoms with Crippen molar-refractivity contribution >= 4 is 44.1 Å². The van der Waals surface area contributed by atoms with Crippen molar-refractivity contribution in [1.29, 1.82) is 0 Å². The van der Waals surface area contributed by atoms with Gasteiger partial charge in [-0.05, 0) is 48.6 Å². The molecule has 2 N–H and O–H groups in total. The Hall–Kier alpha value is -3.35. The summed E-state index contributed by atoms with van der Waals surface area (Å²) in [6, 6.07) is 10.1. The van der Waals surface area contributed by atoms with E-state index < -0.39 is 10.0 Å². The van der Waals surface area contributed by atoms with Gasteiger partial charge < -0.3 is 10.6 Å². The van der Waals surface area contributed by atoms with Gasteiger partial charge in [-0.2, -0.15) is 9.40 Å². The molecule has 5 rings (SSSR count). The van der Waals surface area contributed by atoms with E-state index in [1.54, 1.807) is 34.3 Å². The second-order valence-electron chi connectivity index (χ2n) is 8.15. The lowest BCUT2D eigenvalue weighted by atomic mass is 10.2. The summed E-state index contributed by atoms with van der Waals surface area (Å²) in [7, 11) is -3.50. The van der Waals surface area contributed by atoms with Crippen LogP contribution in [-0.2, 0) is 23.1 Å². The molecular weight excluding hydrogens is 486 g/mol. The number of carbonyl (C=O) groups is 1. The van der Waals surface area contributed by atoms with Gasteiger partial charge in [-0.15, -0.1) is 11.3 Å². The molecule has 0 spiro atoms. The zero-order chi connectivity index (χ0) is 24.3. The summed E-state index contributed by atoms with van der Waals surface area (Å²) in [6.45, 7) is 2.53. The Balaban J connectivity index is 1.18. The lowest BCUT2D eigenvalue weighted by molar-refractivity contribution is 0.0952. The van der Waals surface area contributed by atoms with Crippen LogP contribution in [0.15, 0.2) is 59.2 Å². The van der Waals surface area contributed by atoms with Crippen molar-refractivity contribution in [2.75, 3.05) is 25.0 Å². The maximum absolute atomic E-state index is 12.7. The Morgan fingerprint density at radius 3 is 2.63 bits per heavy atom. The maximum atomic E-state index is 12.7. The molecule has 182 valence electrons. The van der Waals surface area contributed by atoms with Crippen LogP contribution in [0.5, 0.6) is 0 Å². The topological polar surface area (TPSA) is 122 Å². The predicted molar refractivity (Wildman–Crippen MR) is 134 cm³/mol. The molecule has 1 saturated heterocycles. The second kappa shape index (κ2) is 10.1. The molecule has 1 amide bonds. The van der Waals surface area contributed by atoms with Crippen LogP contribution in [0, 0.1) is 0 Å². The highest BCUT2D eigenvalue weighted by Gasteiger charge is 2.27. The first-order valence-corrected chi connectivity index (χ1v) is 13.7. The van der Waals surface area contributed by atoms with Gasteiger partial charge in [0, 0.05) is 30.1 Å². The molecule has 1 aliphatic heterocycles. The van der Waals surface area contributed by atoms with Gasteiger partial charge in [-0.3, -0.25) is 4.79 Å². The van der Waals surface area contributed by atoms with E-state index in [4.69, 9.17) is 0 Å². The molecule has 0 saturated carbocycles. The Labute approximate surface area is 207 Å². The van der Waals surface area contributed by atoms with Gasteiger partial charge in [0.1, 0.15) is 12.1 Å². The highest BCUT2D eigenvalue weighted by atomic mass is 32.2. The number of amides is 1. The molecule has 0 aliphatic carbocycles. The minimum Gasteiger partial charge on any atom is -0.364 e. The first kappa shape index (κ1) is 23.4. The fourth-order valence-corrected chi connectivity index (χ4v) is 6.18. The summed E-state index contributed by atoms with van der Waals surface area (Å²) >= 11 is 1.67. The summed E-state index contributed by atoms with van der Waals surface area (Å²) in [4.78, 5) is 22.7. The molecule has 4 heterocycles. The van der Waals surface area contributed by atoms with Crippen LogP contribution in [0.2, 0.25) is 0 Å². The Kier molecular flexibility index (Phi) is 6.75. The fourth-order valence-electron chi connectivity index (χ4n) is 4.01. The number of nitrogens with one attached hydrogen (secondary N) is 2. The van der Waals surface area contributed by atoms with Gasteiger partial charge in [-0.1, -0.05) is 6.07 Å². The summed E-state index contributed by atoms with van der Waals surface area (Å²) in [5.74, 6) is 0.433. The Bertz CT molecular complexity index is 1410. The van der Waals surface area contributed by atoms with E-state index >= 15 is 0 Å². The zero-order valence-electron chi connectivity index (χ0n) is 18.9. The number of thiophene rings is 1. The molecule has 1 aromatic carbocycles. The van der Waals surface area contributed by atoms with Crippen molar-refractivity contribution in [3.63, 3.8) is 0 Å². The first-order chi connectivity index (χ1) is 17.0. The zero-order valence-corrected chi connectivity index (χ0v) is 20.6. The average molecular weight is 512 g/mol. The second-order valence-corrected chi connectivity index (χ2v) is 11.1. The number of nitrogens with zero attached hydrogens (tertiary/aromatic N) is 5. The quantitative estimate of drug-likeness (QED) is 0.354.